The van der Waals surface area contributed by atoms with Gasteiger partial charge in [0.25, 0.3) is 0 Å². The van der Waals surface area contributed by atoms with Crippen molar-refractivity contribution in [2.24, 2.45) is 5.73 Å². The van der Waals surface area contributed by atoms with E-state index in [1.165, 1.54) is 23.7 Å². The zero-order valence-electron chi connectivity index (χ0n) is 18.7. The summed E-state index contributed by atoms with van der Waals surface area (Å²) >= 11 is 1.52. The van der Waals surface area contributed by atoms with E-state index in [9.17, 15) is 15.0 Å². The lowest BCUT2D eigenvalue weighted by molar-refractivity contribution is -0.108. The quantitative estimate of drug-likeness (QED) is 0.217. The zero-order chi connectivity index (χ0) is 23.9. The van der Waals surface area contributed by atoms with Crippen molar-refractivity contribution < 1.29 is 19.7 Å². The molecule has 11 heteroatoms. The van der Waals surface area contributed by atoms with Crippen molar-refractivity contribution in [3.05, 3.63) is 48.5 Å². The van der Waals surface area contributed by atoms with Gasteiger partial charge in [-0.1, -0.05) is 30.3 Å². The summed E-state index contributed by atoms with van der Waals surface area (Å²) in [5, 5.41) is 24.5. The van der Waals surface area contributed by atoms with Crippen molar-refractivity contribution in [2.75, 3.05) is 23.4 Å². The molecule has 5 unspecified atom stereocenters. The second kappa shape index (κ2) is 11.7. The largest absolute Gasteiger partial charge is 0.387 e. The number of thioether (sulfide) groups is 1. The van der Waals surface area contributed by atoms with Crippen LogP contribution in [0.3, 0.4) is 0 Å². The SMILES string of the molecule is NC(C=O)CCSCC1OC(n2cnc3c(NCCCc4ccccc4)ncnc32)C(O)C1O. The van der Waals surface area contributed by atoms with Crippen molar-refractivity contribution in [3.8, 4) is 0 Å². The molecule has 1 aliphatic rings. The molecule has 5 N–H and O–H groups in total. The number of nitrogens with zero attached hydrogens (tertiary/aromatic N) is 4. The summed E-state index contributed by atoms with van der Waals surface area (Å²) in [4.78, 5) is 23.7. The van der Waals surface area contributed by atoms with Crippen LogP contribution in [0.2, 0.25) is 0 Å². The number of nitrogens with one attached hydrogen (secondary N) is 1. The first-order chi connectivity index (χ1) is 16.6. The topological polar surface area (TPSA) is 148 Å². The van der Waals surface area contributed by atoms with Gasteiger partial charge in [0.15, 0.2) is 23.2 Å². The first-order valence-corrected chi connectivity index (χ1v) is 12.5. The highest BCUT2D eigenvalue weighted by atomic mass is 32.2. The van der Waals surface area contributed by atoms with Crippen LogP contribution >= 0.6 is 11.8 Å². The Kier molecular flexibility index (Phi) is 8.46. The number of anilines is 1. The minimum atomic E-state index is -1.13. The molecule has 1 fully saturated rings. The van der Waals surface area contributed by atoms with Gasteiger partial charge in [-0.05, 0) is 30.6 Å². The number of carbonyl (C=O) groups excluding carboxylic acids is 1. The Bertz CT molecular complexity index is 1070. The highest BCUT2D eigenvalue weighted by Gasteiger charge is 2.44. The molecule has 0 aliphatic carbocycles. The Hall–Kier alpha value is -2.57. The number of imidazole rings is 1. The Morgan fingerprint density at radius 3 is 2.82 bits per heavy atom. The third-order valence-electron chi connectivity index (χ3n) is 5.80. The molecule has 4 rings (SSSR count). The summed E-state index contributed by atoms with van der Waals surface area (Å²) in [6, 6.07) is 9.80. The lowest BCUT2D eigenvalue weighted by atomic mass is 10.1. The lowest BCUT2D eigenvalue weighted by Gasteiger charge is -2.16. The number of aryl methyl sites for hydroxylation is 1. The summed E-state index contributed by atoms with van der Waals surface area (Å²) in [6.45, 7) is 0.724. The van der Waals surface area contributed by atoms with E-state index in [-0.39, 0.29) is 0 Å². The number of aldehydes is 1. The van der Waals surface area contributed by atoms with Gasteiger partial charge in [-0.25, -0.2) is 15.0 Å². The van der Waals surface area contributed by atoms with Crippen LogP contribution in [-0.4, -0.2) is 78.4 Å². The Morgan fingerprint density at radius 2 is 2.03 bits per heavy atom. The van der Waals surface area contributed by atoms with Gasteiger partial charge in [0.1, 0.15) is 24.8 Å². The van der Waals surface area contributed by atoms with E-state index in [1.807, 2.05) is 18.2 Å². The Balaban J connectivity index is 1.37. The second-order valence-corrected chi connectivity index (χ2v) is 9.42. The molecule has 1 aromatic carbocycles. The molecule has 0 saturated carbocycles. The summed E-state index contributed by atoms with van der Waals surface area (Å²) in [6.07, 6.45) is 2.60. The zero-order valence-corrected chi connectivity index (χ0v) is 19.6. The summed E-state index contributed by atoms with van der Waals surface area (Å²) in [5.74, 6) is 1.74. The maximum Gasteiger partial charge on any atom is 0.167 e. The molecular formula is C23H30N6O4S. The van der Waals surface area contributed by atoms with E-state index in [2.05, 4.69) is 32.4 Å². The monoisotopic (exact) mass is 486 g/mol. The lowest BCUT2D eigenvalue weighted by Crippen LogP contribution is -2.32. The number of ether oxygens (including phenoxy) is 1. The number of nitrogens with two attached hydrogens (primary N) is 1. The smallest absolute Gasteiger partial charge is 0.167 e. The van der Waals surface area contributed by atoms with Crippen LogP contribution in [0.4, 0.5) is 5.82 Å². The van der Waals surface area contributed by atoms with E-state index in [4.69, 9.17) is 10.5 Å². The third kappa shape index (κ3) is 5.73. The minimum absolute atomic E-state index is 0.468. The van der Waals surface area contributed by atoms with Crippen molar-refractivity contribution in [1.29, 1.82) is 0 Å². The molecule has 34 heavy (non-hydrogen) atoms. The number of carbonyl (C=O) groups is 1. The van der Waals surface area contributed by atoms with E-state index in [0.717, 1.165) is 25.7 Å². The predicted molar refractivity (Wildman–Crippen MR) is 130 cm³/mol. The average molecular weight is 487 g/mol. The van der Waals surface area contributed by atoms with Crippen molar-refractivity contribution in [3.63, 3.8) is 0 Å². The average Bonchev–Trinajstić information content (AvgIpc) is 3.41. The molecule has 5 atom stereocenters. The van der Waals surface area contributed by atoms with Gasteiger partial charge in [-0.2, -0.15) is 11.8 Å². The number of rotatable bonds is 12. The molecule has 3 aromatic rings. The van der Waals surface area contributed by atoms with Gasteiger partial charge >= 0.3 is 0 Å². The van der Waals surface area contributed by atoms with E-state index in [1.54, 1.807) is 10.9 Å². The second-order valence-electron chi connectivity index (χ2n) is 8.27. The van der Waals surface area contributed by atoms with E-state index < -0.39 is 30.6 Å². The maximum atomic E-state index is 10.6. The standard InChI is InChI=1S/C23H30N6O4S/c24-16(11-30)8-10-34-12-17-19(31)20(32)23(33-17)29-14-28-18-21(26-13-27-22(18)29)25-9-4-7-15-5-2-1-3-6-15/h1-3,5-6,11,13-14,16-17,19-20,23,31-32H,4,7-10,12,24H2,(H,25,26,27). The summed E-state index contributed by atoms with van der Waals surface area (Å²) < 4.78 is 7.61. The van der Waals surface area contributed by atoms with Gasteiger partial charge in [0.05, 0.1) is 18.5 Å². The third-order valence-corrected chi connectivity index (χ3v) is 6.89. The van der Waals surface area contributed by atoms with Crippen LogP contribution in [0.1, 0.15) is 24.6 Å². The number of hydrogen-bond acceptors (Lipinski definition) is 10. The summed E-state index contributed by atoms with van der Waals surface area (Å²) in [5.41, 5.74) is 7.98. The molecule has 0 radical (unpaired) electrons. The molecule has 0 bridgehead atoms. The fourth-order valence-electron chi connectivity index (χ4n) is 3.90. The molecule has 182 valence electrons. The van der Waals surface area contributed by atoms with Crippen molar-refractivity contribution in [2.45, 2.75) is 49.8 Å². The number of aliphatic hydroxyl groups is 2. The van der Waals surface area contributed by atoms with E-state index in [0.29, 0.717) is 34.9 Å². The van der Waals surface area contributed by atoms with Gasteiger partial charge in [0.2, 0.25) is 0 Å². The first kappa shape index (κ1) is 24.6. The van der Waals surface area contributed by atoms with E-state index >= 15 is 0 Å². The fraction of sp³-hybridized carbons (Fsp3) is 0.478. The van der Waals surface area contributed by atoms with Gasteiger partial charge in [-0.15, -0.1) is 0 Å². The maximum absolute atomic E-state index is 10.6. The van der Waals surface area contributed by atoms with Crippen LogP contribution in [0.25, 0.3) is 11.2 Å². The minimum Gasteiger partial charge on any atom is -0.387 e. The van der Waals surface area contributed by atoms with Gasteiger partial charge in [0, 0.05) is 12.3 Å². The molecule has 1 saturated heterocycles. The Morgan fingerprint density at radius 1 is 1.21 bits per heavy atom. The molecule has 10 nitrogen and oxygen atoms in total. The van der Waals surface area contributed by atoms with Crippen LogP contribution in [0, 0.1) is 0 Å². The molecule has 3 heterocycles. The number of aromatic nitrogens is 4. The van der Waals surface area contributed by atoms with Crippen LogP contribution in [0.5, 0.6) is 0 Å². The molecule has 0 spiro atoms. The molecule has 2 aromatic heterocycles. The van der Waals surface area contributed by atoms with Gasteiger partial charge in [-0.3, -0.25) is 4.57 Å². The number of fused-ring (bicyclic) bond motifs is 1. The normalized spacial score (nSPS) is 23.3. The number of hydrogen-bond donors (Lipinski definition) is 4. The van der Waals surface area contributed by atoms with Crippen LogP contribution < -0.4 is 11.1 Å². The van der Waals surface area contributed by atoms with Gasteiger partial charge < -0.3 is 30.8 Å². The fourth-order valence-corrected chi connectivity index (χ4v) is 5.01. The van der Waals surface area contributed by atoms with Crippen molar-refractivity contribution >= 4 is 35.0 Å². The first-order valence-electron chi connectivity index (χ1n) is 11.3. The van der Waals surface area contributed by atoms with Crippen LogP contribution in [-0.2, 0) is 16.0 Å². The highest BCUT2D eigenvalue weighted by Crippen LogP contribution is 2.33. The van der Waals surface area contributed by atoms with Crippen molar-refractivity contribution in [1.82, 2.24) is 19.5 Å². The molecule has 1 aliphatic heterocycles. The molecule has 0 amide bonds. The molecular weight excluding hydrogens is 456 g/mol. The number of benzene rings is 1. The number of aliphatic hydroxyl groups excluding tert-OH is 2. The van der Waals surface area contributed by atoms with Crippen LogP contribution in [0.15, 0.2) is 43.0 Å². The predicted octanol–water partition coefficient (Wildman–Crippen LogP) is 1.14. The summed E-state index contributed by atoms with van der Waals surface area (Å²) in [7, 11) is 0. The Labute approximate surface area is 201 Å². The highest BCUT2D eigenvalue weighted by molar-refractivity contribution is 7.99.